The molecule has 66 valence electrons. The van der Waals surface area contributed by atoms with Crippen molar-refractivity contribution < 1.29 is 26.5 Å². The van der Waals surface area contributed by atoms with Crippen molar-refractivity contribution in [1.29, 1.82) is 0 Å². The van der Waals surface area contributed by atoms with E-state index in [0.29, 0.717) is 0 Å². The first-order chi connectivity index (χ1) is 5.36. The molecule has 0 aromatic carbocycles. The SMILES string of the molecule is [2H][C@@]1(O)O[C@@H](C)[C@@H](O)[C@@H](O)[C@@H]1O. The summed E-state index contributed by atoms with van der Waals surface area (Å²) in [6, 6.07) is 0. The largest absolute Gasteiger partial charge is 0.388 e. The van der Waals surface area contributed by atoms with E-state index in [1.54, 1.807) is 0 Å². The van der Waals surface area contributed by atoms with Crippen LogP contribution in [0.15, 0.2) is 0 Å². The average Bonchev–Trinajstić information content (AvgIpc) is 1.97. The second kappa shape index (κ2) is 3.04. The Morgan fingerprint density at radius 2 is 1.64 bits per heavy atom. The molecule has 1 fully saturated rings. The van der Waals surface area contributed by atoms with Crippen LogP contribution in [0, 0.1) is 0 Å². The third-order valence-corrected chi connectivity index (χ3v) is 1.71. The van der Waals surface area contributed by atoms with Gasteiger partial charge >= 0.3 is 0 Å². The molecule has 11 heavy (non-hydrogen) atoms. The van der Waals surface area contributed by atoms with Crippen LogP contribution in [0.2, 0.25) is 0 Å². The van der Waals surface area contributed by atoms with E-state index in [1.165, 1.54) is 6.92 Å². The summed E-state index contributed by atoms with van der Waals surface area (Å²) in [5.74, 6) is 0. The monoisotopic (exact) mass is 165 g/mol. The molecule has 1 saturated heterocycles. The van der Waals surface area contributed by atoms with E-state index in [1.807, 2.05) is 0 Å². The zero-order valence-electron chi connectivity index (χ0n) is 7.01. The van der Waals surface area contributed by atoms with Gasteiger partial charge in [-0.15, -0.1) is 0 Å². The predicted molar refractivity (Wildman–Crippen MR) is 34.6 cm³/mol. The van der Waals surface area contributed by atoms with Gasteiger partial charge in [-0.05, 0) is 6.92 Å². The van der Waals surface area contributed by atoms with E-state index >= 15 is 0 Å². The highest BCUT2D eigenvalue weighted by Gasteiger charge is 2.40. The molecule has 5 nitrogen and oxygen atoms in total. The van der Waals surface area contributed by atoms with E-state index in [4.69, 9.17) is 21.8 Å². The van der Waals surface area contributed by atoms with Gasteiger partial charge in [-0.25, -0.2) is 0 Å². The van der Waals surface area contributed by atoms with Crippen molar-refractivity contribution in [3.63, 3.8) is 0 Å². The van der Waals surface area contributed by atoms with Crippen molar-refractivity contribution in [2.45, 2.75) is 37.6 Å². The maximum Gasteiger partial charge on any atom is 0.183 e. The molecule has 0 radical (unpaired) electrons. The highest BCUT2D eigenvalue weighted by molar-refractivity contribution is 4.86. The van der Waals surface area contributed by atoms with Crippen LogP contribution in [0.4, 0.5) is 0 Å². The van der Waals surface area contributed by atoms with E-state index in [2.05, 4.69) is 4.74 Å². The van der Waals surface area contributed by atoms with Crippen molar-refractivity contribution >= 4 is 0 Å². The molecular formula is C6H12O5. The Kier molecular flexibility index (Phi) is 2.06. The average molecular weight is 165 g/mol. The first-order valence-electron chi connectivity index (χ1n) is 3.80. The van der Waals surface area contributed by atoms with Gasteiger partial charge in [-0.2, -0.15) is 0 Å². The van der Waals surface area contributed by atoms with E-state index in [0.717, 1.165) is 0 Å². The lowest BCUT2D eigenvalue weighted by Gasteiger charge is -2.36. The highest BCUT2D eigenvalue weighted by atomic mass is 16.6. The summed E-state index contributed by atoms with van der Waals surface area (Å²) in [5.41, 5.74) is 0. The smallest absolute Gasteiger partial charge is 0.183 e. The molecule has 4 N–H and O–H groups in total. The molecule has 5 atom stereocenters. The van der Waals surface area contributed by atoms with Crippen LogP contribution in [-0.4, -0.2) is 51.1 Å². The van der Waals surface area contributed by atoms with Gasteiger partial charge in [-0.3, -0.25) is 0 Å². The number of aliphatic hydroxyl groups is 4. The van der Waals surface area contributed by atoms with Crippen molar-refractivity contribution in [1.82, 2.24) is 0 Å². The van der Waals surface area contributed by atoms with Gasteiger partial charge in [0.2, 0.25) is 0 Å². The highest BCUT2D eigenvalue weighted by Crippen LogP contribution is 2.18. The summed E-state index contributed by atoms with van der Waals surface area (Å²) in [7, 11) is 0. The van der Waals surface area contributed by atoms with Gasteiger partial charge in [0.25, 0.3) is 0 Å². The van der Waals surface area contributed by atoms with Gasteiger partial charge in [-0.1, -0.05) is 0 Å². The van der Waals surface area contributed by atoms with Crippen LogP contribution in [0.1, 0.15) is 8.29 Å². The van der Waals surface area contributed by atoms with Gasteiger partial charge in [0.05, 0.1) is 7.47 Å². The molecule has 0 aliphatic carbocycles. The number of ether oxygens (including phenoxy) is 1. The molecule has 0 spiro atoms. The molecule has 0 saturated carbocycles. The summed E-state index contributed by atoms with van der Waals surface area (Å²) < 4.78 is 11.5. The van der Waals surface area contributed by atoms with Gasteiger partial charge < -0.3 is 25.2 Å². The topological polar surface area (TPSA) is 90.2 Å². The lowest BCUT2D eigenvalue weighted by Crippen LogP contribution is -2.56. The molecular weight excluding hydrogens is 152 g/mol. The fourth-order valence-corrected chi connectivity index (χ4v) is 0.940. The molecule has 0 aromatic rings. The van der Waals surface area contributed by atoms with Crippen LogP contribution in [0.3, 0.4) is 0 Å². The zero-order valence-corrected chi connectivity index (χ0v) is 6.01. The third-order valence-electron chi connectivity index (χ3n) is 1.71. The Hall–Kier alpha value is -0.200. The number of aliphatic hydroxyl groups excluding tert-OH is 3. The lowest BCUT2D eigenvalue weighted by molar-refractivity contribution is -0.277. The fraction of sp³-hybridized carbons (Fsp3) is 1.00. The number of rotatable bonds is 0. The normalized spacial score (nSPS) is 60.6. The number of hydrogen-bond acceptors (Lipinski definition) is 5. The van der Waals surface area contributed by atoms with E-state index in [-0.39, 0.29) is 0 Å². The van der Waals surface area contributed by atoms with Crippen molar-refractivity contribution in [3.8, 4) is 0 Å². The Balaban J connectivity index is 2.78. The molecule has 5 heteroatoms. The quantitative estimate of drug-likeness (QED) is 0.327. The van der Waals surface area contributed by atoms with E-state index in [9.17, 15) is 0 Å². The summed E-state index contributed by atoms with van der Waals surface area (Å²) in [6.07, 6.45) is -8.09. The minimum absolute atomic E-state index is 0.883. The van der Waals surface area contributed by atoms with Crippen LogP contribution in [0.5, 0.6) is 0 Å². The van der Waals surface area contributed by atoms with Crippen molar-refractivity contribution in [3.05, 3.63) is 0 Å². The van der Waals surface area contributed by atoms with Crippen LogP contribution >= 0.6 is 0 Å². The minimum Gasteiger partial charge on any atom is -0.388 e. The molecule has 1 rings (SSSR count). The molecule has 1 aliphatic heterocycles. The summed E-state index contributed by atoms with van der Waals surface area (Å²) in [6.45, 7) is 1.39. The Labute approximate surface area is 65.3 Å². The molecule has 0 amide bonds. The second-order valence-electron chi connectivity index (χ2n) is 2.59. The van der Waals surface area contributed by atoms with Gasteiger partial charge in [0.15, 0.2) is 6.27 Å². The first kappa shape index (κ1) is 7.45. The zero-order chi connectivity index (χ0) is 9.52. The minimum atomic E-state index is -2.54. The third kappa shape index (κ3) is 1.52. The summed E-state index contributed by atoms with van der Waals surface area (Å²) in [5, 5.41) is 36.3. The molecule has 1 heterocycles. The standard InChI is InChI=1S/C6H12O5/c1-2-3(7)4(8)5(9)6(10)11-2/h2-10H,1H3/t2-,3+,4+,5-,6+/m0/s1/i6D. The molecule has 0 bridgehead atoms. The maximum absolute atomic E-state index is 9.12. The first-order valence-corrected chi connectivity index (χ1v) is 3.30. The van der Waals surface area contributed by atoms with Crippen LogP contribution < -0.4 is 0 Å². The predicted octanol–water partition coefficient (Wildman–Crippen LogP) is -2.19. The van der Waals surface area contributed by atoms with Gasteiger partial charge in [0.1, 0.15) is 18.3 Å². The maximum atomic E-state index is 9.12. The Morgan fingerprint density at radius 3 is 2.18 bits per heavy atom. The summed E-state index contributed by atoms with van der Waals surface area (Å²) in [4.78, 5) is 0. The number of hydrogen-bond donors (Lipinski definition) is 4. The molecule has 0 aromatic heterocycles. The van der Waals surface area contributed by atoms with Crippen LogP contribution in [-0.2, 0) is 4.74 Å². The van der Waals surface area contributed by atoms with Crippen molar-refractivity contribution in [2.24, 2.45) is 0 Å². The van der Waals surface area contributed by atoms with E-state index < -0.39 is 30.7 Å². The lowest BCUT2D eigenvalue weighted by atomic mass is 10.0. The van der Waals surface area contributed by atoms with Gasteiger partial charge in [0, 0.05) is 0 Å². The second-order valence-corrected chi connectivity index (χ2v) is 2.59. The van der Waals surface area contributed by atoms with Crippen molar-refractivity contribution in [2.75, 3.05) is 0 Å². The Morgan fingerprint density at radius 1 is 1.09 bits per heavy atom. The summed E-state index contributed by atoms with van der Waals surface area (Å²) >= 11 is 0. The molecule has 1 aliphatic rings. The van der Waals surface area contributed by atoms with Crippen LogP contribution in [0.25, 0.3) is 0 Å². The fourth-order valence-electron chi connectivity index (χ4n) is 0.940. The Bertz CT molecular complexity index is 173. The molecule has 0 unspecified atom stereocenters.